The number of carbonyl (C=O) groups excluding carboxylic acids is 1. The number of piperazine rings is 1. The smallest absolute Gasteiger partial charge is 0.412 e. The monoisotopic (exact) mass is 644 g/mol. The van der Waals surface area contributed by atoms with Crippen molar-refractivity contribution in [2.45, 2.75) is 84.0 Å². The van der Waals surface area contributed by atoms with Gasteiger partial charge in [0.1, 0.15) is 11.6 Å². The van der Waals surface area contributed by atoms with E-state index in [1.165, 1.54) is 67.1 Å². The second-order valence-corrected chi connectivity index (χ2v) is 13.4. The van der Waals surface area contributed by atoms with Crippen LogP contribution in [0.3, 0.4) is 0 Å². The first kappa shape index (κ1) is 34.0. The minimum atomic E-state index is -0.448. The van der Waals surface area contributed by atoms with Gasteiger partial charge in [-0.1, -0.05) is 70.8 Å². The molecule has 1 fully saturated rings. The van der Waals surface area contributed by atoms with Gasteiger partial charge >= 0.3 is 6.09 Å². The van der Waals surface area contributed by atoms with Crippen molar-refractivity contribution in [1.82, 2.24) is 9.88 Å². The molecule has 7 nitrogen and oxygen atoms in total. The van der Waals surface area contributed by atoms with Crippen molar-refractivity contribution in [2.75, 3.05) is 56.2 Å². The highest BCUT2D eigenvalue weighted by atomic mass is 32.1. The Morgan fingerprint density at radius 3 is 2.37 bits per heavy atom. The SMILES string of the molecule is CCCCCCCCCCCCOC(=O)Nc1ccc2ccc(OCCCCN3CCN(c4cccc5sccc45)CC3)cc2n1. The summed E-state index contributed by atoms with van der Waals surface area (Å²) >= 11 is 1.82. The topological polar surface area (TPSA) is 66.9 Å². The van der Waals surface area contributed by atoms with E-state index in [1.807, 2.05) is 41.7 Å². The largest absolute Gasteiger partial charge is 0.494 e. The van der Waals surface area contributed by atoms with Gasteiger partial charge in [-0.2, -0.15) is 0 Å². The normalized spacial score (nSPS) is 13.8. The van der Waals surface area contributed by atoms with Crippen molar-refractivity contribution in [3.63, 3.8) is 0 Å². The summed E-state index contributed by atoms with van der Waals surface area (Å²) < 4.78 is 12.8. The lowest BCUT2D eigenvalue weighted by molar-refractivity contribution is 0.159. The standard InChI is InChI=1S/C38H52N4O3S/c1-2-3-4-5-6-7-8-9-10-12-28-45-38(43)40-37-20-18-31-17-19-32(30-34(31)39-37)44-27-13-11-22-41-23-25-42(26-24-41)35-15-14-16-36-33(35)21-29-46-36/h14-21,29-30H,2-13,22-28H2,1H3,(H,39,40,43). The number of aromatic nitrogens is 1. The van der Waals surface area contributed by atoms with Crippen LogP contribution in [0.5, 0.6) is 5.75 Å². The first-order valence-electron chi connectivity index (χ1n) is 17.6. The van der Waals surface area contributed by atoms with Crippen LogP contribution in [0.15, 0.2) is 60.0 Å². The van der Waals surface area contributed by atoms with Crippen molar-refractivity contribution >= 4 is 49.9 Å². The first-order valence-corrected chi connectivity index (χ1v) is 18.5. The molecule has 0 saturated carbocycles. The molecule has 1 saturated heterocycles. The molecule has 0 unspecified atom stereocenters. The summed E-state index contributed by atoms with van der Waals surface area (Å²) in [5, 5.41) is 7.35. The Kier molecular flexibility index (Phi) is 13.8. The molecule has 0 radical (unpaired) electrons. The summed E-state index contributed by atoms with van der Waals surface area (Å²) in [5.74, 6) is 1.29. The van der Waals surface area contributed by atoms with E-state index in [9.17, 15) is 4.79 Å². The minimum absolute atomic E-state index is 0.441. The van der Waals surface area contributed by atoms with E-state index in [2.05, 4.69) is 56.7 Å². The lowest BCUT2D eigenvalue weighted by Crippen LogP contribution is -2.46. The molecule has 4 aromatic rings. The highest BCUT2D eigenvalue weighted by Crippen LogP contribution is 2.31. The van der Waals surface area contributed by atoms with Crippen LogP contribution < -0.4 is 15.0 Å². The van der Waals surface area contributed by atoms with Crippen molar-refractivity contribution < 1.29 is 14.3 Å². The Morgan fingerprint density at radius 1 is 0.826 bits per heavy atom. The van der Waals surface area contributed by atoms with Gasteiger partial charge in [-0.3, -0.25) is 10.2 Å². The third-order valence-corrected chi connectivity index (χ3v) is 9.83. The second kappa shape index (κ2) is 18.7. The van der Waals surface area contributed by atoms with Gasteiger partial charge in [-0.25, -0.2) is 9.78 Å². The van der Waals surface area contributed by atoms with Crippen LogP contribution in [0.25, 0.3) is 21.0 Å². The zero-order valence-corrected chi connectivity index (χ0v) is 28.5. The van der Waals surface area contributed by atoms with E-state index in [0.717, 1.165) is 75.1 Å². The van der Waals surface area contributed by atoms with Crippen LogP contribution in [0.2, 0.25) is 0 Å². The Labute approximate surface area is 279 Å². The van der Waals surface area contributed by atoms with Crippen molar-refractivity contribution in [3.05, 3.63) is 60.0 Å². The Bertz CT molecular complexity index is 1480. The summed E-state index contributed by atoms with van der Waals surface area (Å²) in [6, 6.07) is 18.6. The number of nitrogens with zero attached hydrogens (tertiary/aromatic N) is 3. The number of rotatable bonds is 19. The number of thiophene rings is 1. The highest BCUT2D eigenvalue weighted by molar-refractivity contribution is 7.17. The second-order valence-electron chi connectivity index (χ2n) is 12.5. The van der Waals surface area contributed by atoms with Crippen LogP contribution in [0.4, 0.5) is 16.3 Å². The molecule has 3 heterocycles. The van der Waals surface area contributed by atoms with Crippen LogP contribution in [0.1, 0.15) is 84.0 Å². The summed E-state index contributed by atoms with van der Waals surface area (Å²) in [6.45, 7) is 8.81. The van der Waals surface area contributed by atoms with Crippen LogP contribution in [-0.4, -0.2) is 61.9 Å². The number of hydrogen-bond donors (Lipinski definition) is 1. The van der Waals surface area contributed by atoms with Gasteiger partial charge < -0.3 is 14.4 Å². The molecule has 248 valence electrons. The third kappa shape index (κ3) is 10.6. The average molecular weight is 645 g/mol. The highest BCUT2D eigenvalue weighted by Gasteiger charge is 2.18. The lowest BCUT2D eigenvalue weighted by Gasteiger charge is -2.36. The molecule has 0 atom stereocenters. The fourth-order valence-corrected chi connectivity index (χ4v) is 7.05. The number of ether oxygens (including phenoxy) is 2. The summed E-state index contributed by atoms with van der Waals surface area (Å²) in [5.41, 5.74) is 2.17. The number of hydrogen-bond acceptors (Lipinski definition) is 7. The van der Waals surface area contributed by atoms with Gasteiger partial charge in [0.05, 0.1) is 18.7 Å². The Hall–Kier alpha value is -3.36. The van der Waals surface area contributed by atoms with E-state index in [4.69, 9.17) is 9.47 Å². The fraction of sp³-hybridized carbons (Fsp3) is 0.526. The molecule has 0 aliphatic carbocycles. The van der Waals surface area contributed by atoms with E-state index in [-0.39, 0.29) is 0 Å². The number of fused-ring (bicyclic) bond motifs is 2. The predicted octanol–water partition coefficient (Wildman–Crippen LogP) is 9.90. The minimum Gasteiger partial charge on any atom is -0.494 e. The van der Waals surface area contributed by atoms with E-state index >= 15 is 0 Å². The Balaban J connectivity index is 0.942. The molecule has 1 amide bonds. The van der Waals surface area contributed by atoms with E-state index in [1.54, 1.807) is 0 Å². The molecule has 1 aliphatic heterocycles. The van der Waals surface area contributed by atoms with Crippen LogP contribution in [-0.2, 0) is 4.74 Å². The molecule has 46 heavy (non-hydrogen) atoms. The third-order valence-electron chi connectivity index (χ3n) is 8.95. The predicted molar refractivity (Wildman–Crippen MR) is 194 cm³/mol. The van der Waals surface area contributed by atoms with Gasteiger partial charge in [0.2, 0.25) is 0 Å². The molecule has 2 aromatic carbocycles. The van der Waals surface area contributed by atoms with E-state index in [0.29, 0.717) is 19.0 Å². The number of amides is 1. The molecule has 2 aromatic heterocycles. The van der Waals surface area contributed by atoms with Gasteiger partial charge in [-0.15, -0.1) is 11.3 Å². The maximum absolute atomic E-state index is 12.3. The first-order chi connectivity index (χ1) is 22.7. The van der Waals surface area contributed by atoms with Crippen molar-refractivity contribution in [2.24, 2.45) is 0 Å². The maximum atomic E-state index is 12.3. The molecular weight excluding hydrogens is 593 g/mol. The number of pyridine rings is 1. The molecule has 1 aliphatic rings. The maximum Gasteiger partial charge on any atom is 0.412 e. The molecule has 8 heteroatoms. The number of benzene rings is 2. The molecule has 0 bridgehead atoms. The molecule has 1 N–H and O–H groups in total. The molecular formula is C38H52N4O3S. The molecule has 0 spiro atoms. The number of anilines is 2. The zero-order chi connectivity index (χ0) is 31.8. The van der Waals surface area contributed by atoms with Crippen LogP contribution in [0, 0.1) is 0 Å². The lowest BCUT2D eigenvalue weighted by atomic mass is 10.1. The summed E-state index contributed by atoms with van der Waals surface area (Å²) in [4.78, 5) is 22.0. The van der Waals surface area contributed by atoms with Crippen molar-refractivity contribution in [3.8, 4) is 5.75 Å². The number of carbonyl (C=O) groups is 1. The number of unbranched alkanes of at least 4 members (excludes halogenated alkanes) is 10. The zero-order valence-electron chi connectivity index (χ0n) is 27.7. The number of nitrogens with one attached hydrogen (secondary N) is 1. The van der Waals surface area contributed by atoms with Gasteiger partial charge in [0, 0.05) is 53.4 Å². The van der Waals surface area contributed by atoms with Gasteiger partial charge in [0.25, 0.3) is 0 Å². The average Bonchev–Trinajstić information content (AvgIpc) is 3.57. The Morgan fingerprint density at radius 2 is 1.57 bits per heavy atom. The van der Waals surface area contributed by atoms with Gasteiger partial charge in [-0.05, 0) is 73.7 Å². The quantitative estimate of drug-likeness (QED) is 0.103. The van der Waals surface area contributed by atoms with Crippen LogP contribution >= 0.6 is 11.3 Å². The van der Waals surface area contributed by atoms with Gasteiger partial charge in [0.15, 0.2) is 0 Å². The van der Waals surface area contributed by atoms with Crippen molar-refractivity contribution in [1.29, 1.82) is 0 Å². The summed E-state index contributed by atoms with van der Waals surface area (Å²) in [7, 11) is 0. The summed E-state index contributed by atoms with van der Waals surface area (Å²) in [6.07, 6.45) is 14.2. The molecule has 5 rings (SSSR count). The fourth-order valence-electron chi connectivity index (χ4n) is 6.25. The van der Waals surface area contributed by atoms with E-state index < -0.39 is 6.09 Å².